The molecule has 2 aromatic heterocycles. The Labute approximate surface area is 235 Å². The van der Waals surface area contributed by atoms with Crippen LogP contribution in [0, 0.1) is 16.3 Å². The number of benzene rings is 2. The number of nitrogens with one attached hydrogen (secondary N) is 2. The van der Waals surface area contributed by atoms with E-state index in [0.717, 1.165) is 0 Å². The average Bonchev–Trinajstić information content (AvgIpc) is 3.72. The summed E-state index contributed by atoms with van der Waals surface area (Å²) in [7, 11) is 1.49. The number of amides is 1. The zero-order chi connectivity index (χ0) is 28.0. The van der Waals surface area contributed by atoms with Crippen LogP contribution in [0.25, 0.3) is 16.6 Å². The molecule has 4 N–H and O–H groups in total. The maximum absolute atomic E-state index is 14.8. The summed E-state index contributed by atoms with van der Waals surface area (Å²) in [6, 6.07) is 10.9. The molecule has 0 aliphatic heterocycles. The fourth-order valence-corrected chi connectivity index (χ4v) is 5.10. The van der Waals surface area contributed by atoms with Crippen molar-refractivity contribution in [2.24, 2.45) is 12.8 Å². The van der Waals surface area contributed by atoms with Gasteiger partial charge in [-0.1, -0.05) is 6.07 Å². The standard InChI is InChI=1S/C27H26FIN6O4/c1-14-23-22(24(33(2)25(14)37)32-20-9-6-15(29)12-19(20)28)26(38)35(17-7-8-17)27(39)34(23)18-5-3-4-16(13-18)31-21(36)10-11-30/h3-6,9,12-13,17,32H,7-8,10-11,30H2,1-2H3,(H,31,36). The van der Waals surface area contributed by atoms with Crippen molar-refractivity contribution in [3.8, 4) is 5.69 Å². The van der Waals surface area contributed by atoms with Gasteiger partial charge in [0.2, 0.25) is 5.91 Å². The second-order valence-corrected chi connectivity index (χ2v) is 10.7. The first-order chi connectivity index (χ1) is 18.6. The summed E-state index contributed by atoms with van der Waals surface area (Å²) in [5.41, 5.74) is 5.02. The summed E-state index contributed by atoms with van der Waals surface area (Å²) in [6.45, 7) is 1.73. The molecule has 4 aromatic rings. The summed E-state index contributed by atoms with van der Waals surface area (Å²) >= 11 is 1.99. The second-order valence-electron chi connectivity index (χ2n) is 9.47. The summed E-state index contributed by atoms with van der Waals surface area (Å²) in [5, 5.41) is 5.77. The fraction of sp³-hybridized carbons (Fsp3) is 0.259. The summed E-state index contributed by atoms with van der Waals surface area (Å²) in [5.74, 6) is -0.771. The third-order valence-electron chi connectivity index (χ3n) is 6.70. The van der Waals surface area contributed by atoms with Crippen LogP contribution in [0.1, 0.15) is 30.9 Å². The van der Waals surface area contributed by atoms with Crippen molar-refractivity contribution in [2.75, 3.05) is 17.2 Å². The molecule has 12 heteroatoms. The van der Waals surface area contributed by atoms with Crippen molar-refractivity contribution < 1.29 is 9.18 Å². The minimum absolute atomic E-state index is 0.0706. The summed E-state index contributed by atoms with van der Waals surface area (Å²) in [6.07, 6.45) is 1.45. The number of aromatic nitrogens is 3. The molecule has 0 spiro atoms. The Morgan fingerprint density at radius 1 is 1.13 bits per heavy atom. The highest BCUT2D eigenvalue weighted by Crippen LogP contribution is 2.34. The molecule has 0 radical (unpaired) electrons. The van der Waals surface area contributed by atoms with Crippen LogP contribution in [-0.4, -0.2) is 26.2 Å². The molecule has 1 fully saturated rings. The third kappa shape index (κ3) is 4.89. The first-order valence-corrected chi connectivity index (χ1v) is 13.4. The molecule has 2 aromatic carbocycles. The van der Waals surface area contributed by atoms with Crippen LogP contribution in [0.5, 0.6) is 0 Å². The molecule has 1 aliphatic carbocycles. The van der Waals surface area contributed by atoms with Gasteiger partial charge in [0, 0.05) is 40.9 Å². The van der Waals surface area contributed by atoms with Crippen molar-refractivity contribution in [2.45, 2.75) is 32.2 Å². The molecule has 1 aliphatic rings. The first-order valence-electron chi connectivity index (χ1n) is 12.4. The van der Waals surface area contributed by atoms with Crippen LogP contribution in [-0.2, 0) is 11.8 Å². The number of anilines is 3. The number of carbonyl (C=O) groups excluding carboxylic acids is 1. The van der Waals surface area contributed by atoms with Crippen LogP contribution in [0.15, 0.2) is 56.8 Å². The van der Waals surface area contributed by atoms with Crippen molar-refractivity contribution >= 4 is 56.6 Å². The van der Waals surface area contributed by atoms with Crippen LogP contribution >= 0.6 is 22.6 Å². The lowest BCUT2D eigenvalue weighted by Crippen LogP contribution is -2.41. The van der Waals surface area contributed by atoms with Crippen molar-refractivity contribution in [3.05, 3.63) is 88.6 Å². The monoisotopic (exact) mass is 644 g/mol. The zero-order valence-electron chi connectivity index (χ0n) is 21.3. The minimum Gasteiger partial charge on any atom is -0.338 e. The van der Waals surface area contributed by atoms with E-state index in [-0.39, 0.29) is 52.9 Å². The Hall–Kier alpha value is -3.78. The molecule has 1 saturated carbocycles. The molecule has 5 rings (SSSR count). The number of hydrogen-bond acceptors (Lipinski definition) is 6. The Morgan fingerprint density at radius 3 is 2.54 bits per heavy atom. The van der Waals surface area contributed by atoms with Gasteiger partial charge in [-0.2, -0.15) is 0 Å². The van der Waals surface area contributed by atoms with Crippen LogP contribution in [0.3, 0.4) is 0 Å². The highest BCUT2D eigenvalue weighted by Gasteiger charge is 2.31. The van der Waals surface area contributed by atoms with Gasteiger partial charge < -0.3 is 16.4 Å². The van der Waals surface area contributed by atoms with Gasteiger partial charge in [0.15, 0.2) is 0 Å². The number of nitrogens with zero attached hydrogens (tertiary/aromatic N) is 3. The number of fused-ring (bicyclic) bond motifs is 1. The number of aryl methyl sites for hydroxylation is 1. The van der Waals surface area contributed by atoms with E-state index in [2.05, 4.69) is 10.6 Å². The molecule has 0 atom stereocenters. The normalized spacial score (nSPS) is 13.1. The van der Waals surface area contributed by atoms with E-state index < -0.39 is 22.6 Å². The molecular formula is C27H26FIN6O4. The van der Waals surface area contributed by atoms with Gasteiger partial charge >= 0.3 is 5.69 Å². The van der Waals surface area contributed by atoms with Crippen LogP contribution in [0.2, 0.25) is 0 Å². The lowest BCUT2D eigenvalue weighted by Gasteiger charge is -2.21. The minimum atomic E-state index is -0.594. The number of carbonyl (C=O) groups is 1. The molecule has 2 heterocycles. The Balaban J connectivity index is 1.84. The largest absolute Gasteiger partial charge is 0.338 e. The van der Waals surface area contributed by atoms with E-state index in [4.69, 9.17) is 5.73 Å². The third-order valence-corrected chi connectivity index (χ3v) is 7.37. The number of hydrogen-bond donors (Lipinski definition) is 3. The Bertz CT molecular complexity index is 1820. The molecule has 39 heavy (non-hydrogen) atoms. The van der Waals surface area contributed by atoms with E-state index >= 15 is 0 Å². The number of nitrogens with two attached hydrogens (primary N) is 1. The van der Waals surface area contributed by atoms with E-state index in [1.807, 2.05) is 22.6 Å². The summed E-state index contributed by atoms with van der Waals surface area (Å²) in [4.78, 5) is 53.3. The smallest absolute Gasteiger partial charge is 0.336 e. The highest BCUT2D eigenvalue weighted by molar-refractivity contribution is 14.1. The van der Waals surface area contributed by atoms with Gasteiger partial charge in [-0.25, -0.2) is 9.18 Å². The van der Waals surface area contributed by atoms with Gasteiger partial charge in [0.05, 0.1) is 16.9 Å². The number of rotatable bonds is 7. The number of halogens is 2. The maximum atomic E-state index is 14.8. The van der Waals surface area contributed by atoms with E-state index in [1.165, 1.54) is 32.9 Å². The van der Waals surface area contributed by atoms with Gasteiger partial charge in [0.25, 0.3) is 11.1 Å². The fourth-order valence-electron chi connectivity index (χ4n) is 4.65. The first kappa shape index (κ1) is 26.8. The van der Waals surface area contributed by atoms with Gasteiger partial charge in [-0.15, -0.1) is 0 Å². The predicted molar refractivity (Wildman–Crippen MR) is 157 cm³/mol. The second kappa shape index (κ2) is 10.4. The molecule has 0 unspecified atom stereocenters. The zero-order valence-corrected chi connectivity index (χ0v) is 23.4. The number of pyridine rings is 1. The Kier molecular flexibility index (Phi) is 7.16. The molecular weight excluding hydrogens is 618 g/mol. The molecule has 10 nitrogen and oxygen atoms in total. The van der Waals surface area contributed by atoms with Crippen molar-refractivity contribution in [1.29, 1.82) is 0 Å². The SMILES string of the molecule is Cc1c(=O)n(C)c(Nc2ccc(I)cc2F)c2c(=O)n(C3CC3)c(=O)n(-c3cccc(NC(=O)CCN)c3)c12. The van der Waals surface area contributed by atoms with E-state index in [0.29, 0.717) is 27.8 Å². The predicted octanol–water partition coefficient (Wildman–Crippen LogP) is 3.27. The molecule has 1 amide bonds. The molecule has 0 saturated heterocycles. The topological polar surface area (TPSA) is 133 Å². The molecule has 202 valence electrons. The van der Waals surface area contributed by atoms with Gasteiger partial charge in [-0.3, -0.25) is 28.1 Å². The van der Waals surface area contributed by atoms with Gasteiger partial charge in [0.1, 0.15) is 17.0 Å². The maximum Gasteiger partial charge on any atom is 0.336 e. The van der Waals surface area contributed by atoms with E-state index in [9.17, 15) is 23.6 Å². The quantitative estimate of drug-likeness (QED) is 0.265. The van der Waals surface area contributed by atoms with Gasteiger partial charge in [-0.05, 0) is 78.8 Å². The lowest BCUT2D eigenvalue weighted by atomic mass is 10.1. The average molecular weight is 644 g/mol. The van der Waals surface area contributed by atoms with Crippen molar-refractivity contribution in [1.82, 2.24) is 13.7 Å². The Morgan fingerprint density at radius 2 is 1.87 bits per heavy atom. The summed E-state index contributed by atoms with van der Waals surface area (Å²) < 4.78 is 19.3. The molecule has 0 bridgehead atoms. The van der Waals surface area contributed by atoms with Crippen LogP contribution < -0.4 is 33.2 Å². The van der Waals surface area contributed by atoms with Crippen molar-refractivity contribution in [3.63, 3.8) is 0 Å². The van der Waals surface area contributed by atoms with Crippen LogP contribution in [0.4, 0.5) is 21.6 Å². The highest BCUT2D eigenvalue weighted by atomic mass is 127. The van der Waals surface area contributed by atoms with E-state index in [1.54, 1.807) is 37.3 Å². The lowest BCUT2D eigenvalue weighted by molar-refractivity contribution is -0.116.